The smallest absolute Gasteiger partial charge is 0.103 e. The molecule has 1 fully saturated rings. The standard InChI is InChI=1S/C8H17NO.ClH/c1-2-3-7-4-5-8(10)6-9-7;/h7-10H,2-6H2,1H3;1H/t7-,8-;/m0./s1. The number of rotatable bonds is 2. The molecule has 3 N–H and O–H groups in total. The predicted octanol–water partition coefficient (Wildman–Crippen LogP) is -3.12. The highest BCUT2D eigenvalue weighted by Gasteiger charge is 2.20. The molecule has 0 aromatic heterocycles. The van der Waals surface area contributed by atoms with Gasteiger partial charge in [-0.2, -0.15) is 0 Å². The second-order valence-corrected chi connectivity index (χ2v) is 3.25. The number of nitrogens with two attached hydrogens (primary N) is 1. The van der Waals surface area contributed by atoms with Crippen LogP contribution in [0.4, 0.5) is 0 Å². The van der Waals surface area contributed by atoms with E-state index in [-0.39, 0.29) is 18.5 Å². The number of hydrogen-bond donors (Lipinski definition) is 2. The molecule has 0 unspecified atom stereocenters. The van der Waals surface area contributed by atoms with Crippen molar-refractivity contribution in [2.24, 2.45) is 0 Å². The molecule has 0 saturated carbocycles. The molecule has 1 saturated heterocycles. The van der Waals surface area contributed by atoms with Gasteiger partial charge in [-0.25, -0.2) is 0 Å². The molecule has 0 aliphatic carbocycles. The van der Waals surface area contributed by atoms with Crippen molar-refractivity contribution >= 4 is 0 Å². The van der Waals surface area contributed by atoms with Crippen LogP contribution in [-0.2, 0) is 0 Å². The summed E-state index contributed by atoms with van der Waals surface area (Å²) in [5.74, 6) is 0. The molecule has 2 atom stereocenters. The lowest BCUT2D eigenvalue weighted by Gasteiger charge is -2.23. The molecule has 0 aromatic carbocycles. The van der Waals surface area contributed by atoms with Crippen LogP contribution in [0.1, 0.15) is 32.6 Å². The highest BCUT2D eigenvalue weighted by molar-refractivity contribution is 4.64. The lowest BCUT2D eigenvalue weighted by molar-refractivity contribution is -0.704. The van der Waals surface area contributed by atoms with Crippen LogP contribution in [0, 0.1) is 0 Å². The minimum Gasteiger partial charge on any atom is -1.00 e. The van der Waals surface area contributed by atoms with E-state index in [9.17, 15) is 0 Å². The molecular formula is C8H18ClNO. The molecule has 1 heterocycles. The van der Waals surface area contributed by atoms with Gasteiger partial charge >= 0.3 is 0 Å². The van der Waals surface area contributed by atoms with Crippen molar-refractivity contribution in [3.63, 3.8) is 0 Å². The quantitative estimate of drug-likeness (QED) is 0.463. The van der Waals surface area contributed by atoms with E-state index in [1.54, 1.807) is 0 Å². The third-order valence-corrected chi connectivity index (χ3v) is 2.27. The SMILES string of the molecule is CCC[C@H]1CC[C@H](O)C[NH2+]1.[Cl-]. The number of hydrogen-bond acceptors (Lipinski definition) is 1. The fourth-order valence-corrected chi connectivity index (χ4v) is 1.62. The third kappa shape index (κ3) is 3.94. The number of aliphatic hydroxyl groups excluding tert-OH is 1. The monoisotopic (exact) mass is 179 g/mol. The van der Waals surface area contributed by atoms with Gasteiger partial charge < -0.3 is 22.8 Å². The molecular weight excluding hydrogens is 162 g/mol. The third-order valence-electron chi connectivity index (χ3n) is 2.27. The van der Waals surface area contributed by atoms with Crippen LogP contribution in [0.2, 0.25) is 0 Å². The van der Waals surface area contributed by atoms with Gasteiger partial charge in [-0.1, -0.05) is 13.3 Å². The Bertz CT molecular complexity index is 92.1. The van der Waals surface area contributed by atoms with Crippen molar-refractivity contribution in [2.75, 3.05) is 6.54 Å². The van der Waals surface area contributed by atoms with Crippen LogP contribution in [0.3, 0.4) is 0 Å². The molecule has 3 heteroatoms. The van der Waals surface area contributed by atoms with Crippen LogP contribution in [0.25, 0.3) is 0 Å². The number of halogens is 1. The van der Waals surface area contributed by atoms with Gasteiger partial charge in [-0.15, -0.1) is 0 Å². The van der Waals surface area contributed by atoms with Gasteiger partial charge in [0.25, 0.3) is 0 Å². The lowest BCUT2D eigenvalue weighted by Crippen LogP contribution is -3.00. The van der Waals surface area contributed by atoms with E-state index in [1.165, 1.54) is 19.3 Å². The molecule has 0 amide bonds. The molecule has 0 aromatic rings. The van der Waals surface area contributed by atoms with Crippen molar-refractivity contribution < 1.29 is 22.8 Å². The van der Waals surface area contributed by atoms with E-state index in [1.807, 2.05) is 0 Å². The van der Waals surface area contributed by atoms with E-state index in [0.717, 1.165) is 19.0 Å². The summed E-state index contributed by atoms with van der Waals surface area (Å²) in [5, 5.41) is 11.5. The summed E-state index contributed by atoms with van der Waals surface area (Å²) < 4.78 is 0. The maximum absolute atomic E-state index is 9.16. The fourth-order valence-electron chi connectivity index (χ4n) is 1.62. The van der Waals surface area contributed by atoms with Crippen LogP contribution in [-0.4, -0.2) is 23.8 Å². The van der Waals surface area contributed by atoms with E-state index in [4.69, 9.17) is 5.11 Å². The van der Waals surface area contributed by atoms with E-state index >= 15 is 0 Å². The van der Waals surface area contributed by atoms with E-state index in [0.29, 0.717) is 0 Å². The predicted molar refractivity (Wildman–Crippen MR) is 40.7 cm³/mol. The summed E-state index contributed by atoms with van der Waals surface area (Å²) in [6, 6.07) is 0.799. The van der Waals surface area contributed by atoms with Crippen LogP contribution < -0.4 is 17.7 Å². The van der Waals surface area contributed by atoms with Gasteiger partial charge in [0.15, 0.2) is 0 Å². The van der Waals surface area contributed by atoms with E-state index in [2.05, 4.69) is 12.2 Å². The topological polar surface area (TPSA) is 36.8 Å². The van der Waals surface area contributed by atoms with Crippen molar-refractivity contribution in [3.8, 4) is 0 Å². The van der Waals surface area contributed by atoms with Gasteiger partial charge in [0.1, 0.15) is 12.6 Å². The largest absolute Gasteiger partial charge is 1.00 e. The Morgan fingerprint density at radius 1 is 1.45 bits per heavy atom. The molecule has 68 valence electrons. The summed E-state index contributed by atoms with van der Waals surface area (Å²) in [4.78, 5) is 0. The number of piperidine rings is 1. The first-order valence-corrected chi connectivity index (χ1v) is 4.34. The van der Waals surface area contributed by atoms with Crippen LogP contribution in [0.5, 0.6) is 0 Å². The zero-order valence-electron chi connectivity index (χ0n) is 7.09. The Morgan fingerprint density at radius 2 is 2.18 bits per heavy atom. The first-order valence-electron chi connectivity index (χ1n) is 4.34. The zero-order valence-corrected chi connectivity index (χ0v) is 7.85. The molecule has 0 radical (unpaired) electrons. The van der Waals surface area contributed by atoms with Gasteiger partial charge in [0.05, 0.1) is 6.04 Å². The van der Waals surface area contributed by atoms with Crippen molar-refractivity contribution in [1.82, 2.24) is 0 Å². The number of aliphatic hydroxyl groups is 1. The highest BCUT2D eigenvalue weighted by Crippen LogP contribution is 2.06. The summed E-state index contributed by atoms with van der Waals surface area (Å²) >= 11 is 0. The van der Waals surface area contributed by atoms with Gasteiger partial charge in [-0.3, -0.25) is 0 Å². The average molecular weight is 180 g/mol. The Hall–Kier alpha value is 0.210. The Balaban J connectivity index is 0.000001000. The first-order chi connectivity index (χ1) is 4.83. The summed E-state index contributed by atoms with van der Waals surface area (Å²) in [6.45, 7) is 3.14. The number of quaternary nitrogens is 1. The minimum atomic E-state index is -0.0342. The summed E-state index contributed by atoms with van der Waals surface area (Å²) in [6.07, 6.45) is 4.77. The Labute approximate surface area is 74.8 Å². The maximum Gasteiger partial charge on any atom is 0.103 e. The molecule has 0 bridgehead atoms. The molecule has 1 rings (SSSR count). The van der Waals surface area contributed by atoms with Crippen LogP contribution >= 0.6 is 0 Å². The van der Waals surface area contributed by atoms with Crippen LogP contribution in [0.15, 0.2) is 0 Å². The second kappa shape index (κ2) is 5.81. The summed E-state index contributed by atoms with van der Waals surface area (Å²) in [5.41, 5.74) is 0. The Morgan fingerprint density at radius 3 is 2.64 bits per heavy atom. The first kappa shape index (κ1) is 11.2. The van der Waals surface area contributed by atoms with Gasteiger partial charge in [0.2, 0.25) is 0 Å². The minimum absolute atomic E-state index is 0. The zero-order chi connectivity index (χ0) is 7.40. The van der Waals surface area contributed by atoms with Gasteiger partial charge in [0, 0.05) is 6.42 Å². The second-order valence-electron chi connectivity index (χ2n) is 3.25. The van der Waals surface area contributed by atoms with Crippen molar-refractivity contribution in [1.29, 1.82) is 0 Å². The normalized spacial score (nSPS) is 31.1. The van der Waals surface area contributed by atoms with E-state index < -0.39 is 0 Å². The molecule has 1 aliphatic heterocycles. The highest BCUT2D eigenvalue weighted by atomic mass is 35.5. The van der Waals surface area contributed by atoms with Gasteiger partial charge in [-0.05, 0) is 12.8 Å². The Kier molecular flexibility index (Phi) is 5.92. The lowest BCUT2D eigenvalue weighted by atomic mass is 9.99. The molecule has 2 nitrogen and oxygen atoms in total. The van der Waals surface area contributed by atoms with Crippen molar-refractivity contribution in [3.05, 3.63) is 0 Å². The molecule has 11 heavy (non-hydrogen) atoms. The van der Waals surface area contributed by atoms with Crippen molar-refractivity contribution in [2.45, 2.75) is 44.8 Å². The fraction of sp³-hybridized carbons (Fsp3) is 1.00. The maximum atomic E-state index is 9.16. The average Bonchev–Trinajstić information content (AvgIpc) is 1.95. The molecule has 0 spiro atoms. The molecule has 1 aliphatic rings. The summed E-state index contributed by atoms with van der Waals surface area (Å²) in [7, 11) is 0.